The molecule has 2 nitrogen and oxygen atoms in total. The Labute approximate surface area is 352 Å². The molecule has 0 aliphatic heterocycles. The zero-order valence-corrected chi connectivity index (χ0v) is 33.5. The van der Waals surface area contributed by atoms with E-state index in [0.717, 1.165) is 36.3 Å². The lowest BCUT2D eigenvalue weighted by Gasteiger charge is -2.36. The predicted octanol–water partition coefficient (Wildman–Crippen LogP) is 15.9. The van der Waals surface area contributed by atoms with Gasteiger partial charge in [-0.3, -0.25) is 0 Å². The second-order valence-corrected chi connectivity index (χ2v) is 16.0. The zero-order chi connectivity index (χ0) is 39.8. The number of nitrogens with zero attached hydrogens (tertiary/aromatic N) is 2. The highest BCUT2D eigenvalue weighted by Gasteiger charge is 2.28. The van der Waals surface area contributed by atoms with E-state index >= 15 is 0 Å². The van der Waals surface area contributed by atoms with E-state index in [9.17, 15) is 0 Å². The molecule has 9 aromatic rings. The van der Waals surface area contributed by atoms with Crippen LogP contribution in [-0.4, -0.2) is 6.04 Å². The van der Waals surface area contributed by atoms with E-state index in [0.29, 0.717) is 0 Å². The van der Waals surface area contributed by atoms with E-state index in [2.05, 4.69) is 234 Å². The van der Waals surface area contributed by atoms with Gasteiger partial charge in [-0.25, -0.2) is 0 Å². The Bertz CT molecular complexity index is 3080. The van der Waals surface area contributed by atoms with Crippen LogP contribution in [0, 0.1) is 0 Å². The van der Waals surface area contributed by atoms with Gasteiger partial charge in [0.15, 0.2) is 0 Å². The van der Waals surface area contributed by atoms with Gasteiger partial charge in [-0.1, -0.05) is 164 Å². The summed E-state index contributed by atoms with van der Waals surface area (Å²) >= 11 is 0. The normalized spacial score (nSPS) is 14.4. The third-order valence-corrected chi connectivity index (χ3v) is 12.3. The summed E-state index contributed by atoms with van der Waals surface area (Å²) < 4.78 is 0. The van der Waals surface area contributed by atoms with Crippen molar-refractivity contribution in [3.8, 4) is 22.3 Å². The number of hydrogen-bond acceptors (Lipinski definition) is 2. The summed E-state index contributed by atoms with van der Waals surface area (Å²) in [5.74, 6) is 0. The minimum atomic E-state index is 0.116. The Balaban J connectivity index is 1.28. The number of aryl methyl sites for hydroxylation is 1. The fourth-order valence-electron chi connectivity index (χ4n) is 9.41. The summed E-state index contributed by atoms with van der Waals surface area (Å²) in [6, 6.07) is 69.7. The molecule has 0 saturated carbocycles. The van der Waals surface area contributed by atoms with E-state index in [1.165, 1.54) is 77.1 Å². The number of rotatable bonds is 8. The third kappa shape index (κ3) is 6.47. The van der Waals surface area contributed by atoms with Gasteiger partial charge >= 0.3 is 0 Å². The lowest BCUT2D eigenvalue weighted by Crippen LogP contribution is -2.30. The smallest absolute Gasteiger partial charge is 0.0620 e. The number of allylic oxidation sites excluding steroid dienone is 3. The van der Waals surface area contributed by atoms with Crippen LogP contribution in [0.25, 0.3) is 60.6 Å². The van der Waals surface area contributed by atoms with Crippen molar-refractivity contribution in [1.82, 2.24) is 0 Å². The molecule has 0 N–H and O–H groups in total. The van der Waals surface area contributed by atoms with Gasteiger partial charge in [0.05, 0.1) is 17.4 Å². The van der Waals surface area contributed by atoms with E-state index in [-0.39, 0.29) is 6.04 Å². The van der Waals surface area contributed by atoms with Crippen molar-refractivity contribution >= 4 is 66.8 Å². The summed E-state index contributed by atoms with van der Waals surface area (Å²) in [4.78, 5) is 5.07. The molecule has 11 rings (SSSR count). The van der Waals surface area contributed by atoms with Crippen LogP contribution < -0.4 is 9.80 Å². The van der Waals surface area contributed by atoms with Gasteiger partial charge in [0.2, 0.25) is 0 Å². The monoisotopic (exact) mass is 768 g/mol. The van der Waals surface area contributed by atoms with Crippen molar-refractivity contribution < 1.29 is 0 Å². The van der Waals surface area contributed by atoms with Crippen LogP contribution in [0.5, 0.6) is 0 Å². The third-order valence-electron chi connectivity index (χ3n) is 12.3. The van der Waals surface area contributed by atoms with Crippen LogP contribution >= 0.6 is 0 Å². The highest BCUT2D eigenvalue weighted by molar-refractivity contribution is 6.23. The Morgan fingerprint density at radius 2 is 0.983 bits per heavy atom. The van der Waals surface area contributed by atoms with Gasteiger partial charge in [0.25, 0.3) is 0 Å². The molecule has 60 heavy (non-hydrogen) atoms. The molecule has 0 aromatic heterocycles. The van der Waals surface area contributed by atoms with Gasteiger partial charge in [-0.05, 0) is 124 Å². The van der Waals surface area contributed by atoms with Crippen LogP contribution in [-0.2, 0) is 6.42 Å². The molecule has 0 fully saturated rings. The van der Waals surface area contributed by atoms with Gasteiger partial charge in [0.1, 0.15) is 0 Å². The molecular weight excluding hydrogens is 725 g/mol. The quantitative estimate of drug-likeness (QED) is 0.112. The van der Waals surface area contributed by atoms with Gasteiger partial charge < -0.3 is 9.80 Å². The Hall–Kier alpha value is -7.42. The maximum atomic E-state index is 2.59. The Morgan fingerprint density at radius 3 is 1.67 bits per heavy atom. The fourth-order valence-corrected chi connectivity index (χ4v) is 9.41. The topological polar surface area (TPSA) is 6.48 Å². The SMILES string of the molecule is C1=CCC(N(c2ccccc2)c2c3ccc(-c4ccc5c(c4)C=CCC5)cc3c(N(c3ccccc3)c3ccccc3)c3ccc(-c4ccc5ccccc5c4)cc23)C=C1. The second kappa shape index (κ2) is 15.4. The Kier molecular flexibility index (Phi) is 9.17. The summed E-state index contributed by atoms with van der Waals surface area (Å²) in [5.41, 5.74) is 13.3. The molecule has 9 aromatic carbocycles. The molecule has 1 atom stereocenters. The maximum absolute atomic E-state index is 2.59. The molecule has 0 bridgehead atoms. The molecule has 0 saturated heterocycles. The van der Waals surface area contributed by atoms with Crippen LogP contribution in [0.15, 0.2) is 218 Å². The predicted molar refractivity (Wildman–Crippen MR) is 257 cm³/mol. The van der Waals surface area contributed by atoms with Crippen molar-refractivity contribution in [2.24, 2.45) is 0 Å². The molecule has 2 aliphatic carbocycles. The van der Waals surface area contributed by atoms with E-state index < -0.39 is 0 Å². The molecule has 0 radical (unpaired) electrons. The van der Waals surface area contributed by atoms with E-state index in [1.807, 2.05) is 0 Å². The highest BCUT2D eigenvalue weighted by atomic mass is 15.2. The molecule has 0 amide bonds. The average Bonchev–Trinajstić information content (AvgIpc) is 3.33. The number of fused-ring (bicyclic) bond motifs is 4. The summed E-state index contributed by atoms with van der Waals surface area (Å²) in [6.07, 6.45) is 16.7. The molecule has 0 heterocycles. The van der Waals surface area contributed by atoms with Crippen LogP contribution in [0.1, 0.15) is 24.0 Å². The van der Waals surface area contributed by atoms with Crippen molar-refractivity contribution in [3.63, 3.8) is 0 Å². The van der Waals surface area contributed by atoms with Crippen molar-refractivity contribution in [1.29, 1.82) is 0 Å². The number of anilines is 5. The first kappa shape index (κ1) is 35.7. The average molecular weight is 769 g/mol. The molecule has 2 aliphatic rings. The molecular formula is C58H44N2. The second-order valence-electron chi connectivity index (χ2n) is 16.0. The maximum Gasteiger partial charge on any atom is 0.0620 e. The van der Waals surface area contributed by atoms with E-state index in [4.69, 9.17) is 0 Å². The molecule has 1 unspecified atom stereocenters. The first-order valence-corrected chi connectivity index (χ1v) is 21.2. The molecule has 0 spiro atoms. The van der Waals surface area contributed by atoms with Crippen LogP contribution in [0.4, 0.5) is 28.4 Å². The Morgan fingerprint density at radius 1 is 0.417 bits per heavy atom. The van der Waals surface area contributed by atoms with Gasteiger partial charge in [-0.2, -0.15) is 0 Å². The first-order valence-electron chi connectivity index (χ1n) is 21.2. The first-order chi connectivity index (χ1) is 29.8. The lowest BCUT2D eigenvalue weighted by molar-refractivity contribution is 0.789. The van der Waals surface area contributed by atoms with Crippen molar-refractivity contribution in [2.45, 2.75) is 25.3 Å². The lowest BCUT2D eigenvalue weighted by atomic mass is 9.89. The minimum Gasteiger partial charge on any atom is -0.333 e. The summed E-state index contributed by atoms with van der Waals surface area (Å²) in [7, 11) is 0. The van der Waals surface area contributed by atoms with Gasteiger partial charge in [0, 0.05) is 38.6 Å². The fraction of sp³-hybridized carbons (Fsp3) is 0.0690. The van der Waals surface area contributed by atoms with Crippen LogP contribution in [0.3, 0.4) is 0 Å². The standard InChI is InChI=1S/C58H44N2/c1-5-21-49(22-6-1)59(50-23-7-2-8-24-50)57-53-35-33-48(46-32-30-42-18-14-16-20-44(42)38-46)40-56(53)58(60(51-25-9-3-10-26-51)52-27-11-4-12-28-52)54-36-34-47(39-55(54)57)45-31-29-41-17-13-15-19-43(41)37-45/h1-13,15-17,19-23,25-40,50H,14,18,24H2. The minimum absolute atomic E-state index is 0.116. The van der Waals surface area contributed by atoms with Gasteiger partial charge in [-0.15, -0.1) is 0 Å². The number of benzene rings is 9. The number of hydrogen-bond donors (Lipinski definition) is 0. The summed E-state index contributed by atoms with van der Waals surface area (Å²) in [5, 5.41) is 7.29. The largest absolute Gasteiger partial charge is 0.333 e. The van der Waals surface area contributed by atoms with Crippen molar-refractivity contribution in [3.05, 3.63) is 230 Å². The highest BCUT2D eigenvalue weighted by Crippen LogP contribution is 2.51. The number of para-hydroxylation sites is 3. The molecule has 2 heteroatoms. The van der Waals surface area contributed by atoms with E-state index in [1.54, 1.807) is 0 Å². The van der Waals surface area contributed by atoms with Crippen molar-refractivity contribution in [2.75, 3.05) is 9.80 Å². The zero-order valence-electron chi connectivity index (χ0n) is 33.5. The van der Waals surface area contributed by atoms with Crippen LogP contribution in [0.2, 0.25) is 0 Å². The summed E-state index contributed by atoms with van der Waals surface area (Å²) in [6.45, 7) is 0. The molecule has 286 valence electrons.